The Hall–Kier alpha value is -2.44. The van der Waals surface area contributed by atoms with Crippen molar-refractivity contribution in [2.45, 2.75) is 26.2 Å². The summed E-state index contributed by atoms with van der Waals surface area (Å²) in [5.74, 6) is 0.691. The number of unbranched alkanes of at least 4 members (excludes halogenated alkanes) is 1. The van der Waals surface area contributed by atoms with Crippen LogP contribution < -0.4 is 19.5 Å². The number of nitrogens with one attached hydrogen (secondary N) is 1. The van der Waals surface area contributed by atoms with Crippen molar-refractivity contribution in [3.8, 4) is 17.2 Å². The van der Waals surface area contributed by atoms with E-state index in [2.05, 4.69) is 12.2 Å². The van der Waals surface area contributed by atoms with E-state index in [0.717, 1.165) is 12.8 Å². The van der Waals surface area contributed by atoms with Gasteiger partial charge in [-0.15, -0.1) is 0 Å². The molecule has 0 saturated carbocycles. The Morgan fingerprint density at radius 2 is 1.67 bits per heavy atom. The first-order chi connectivity index (χ1) is 11.5. The van der Waals surface area contributed by atoms with Crippen molar-refractivity contribution in [3.05, 3.63) is 12.1 Å². The molecule has 2 amide bonds. The molecule has 0 aliphatic heterocycles. The van der Waals surface area contributed by atoms with Crippen molar-refractivity contribution >= 4 is 17.5 Å². The van der Waals surface area contributed by atoms with Crippen molar-refractivity contribution < 1.29 is 23.8 Å². The molecular formula is C17H26N2O5. The minimum Gasteiger partial charge on any atom is -0.493 e. The van der Waals surface area contributed by atoms with E-state index in [9.17, 15) is 9.59 Å². The Labute approximate surface area is 142 Å². The largest absolute Gasteiger partial charge is 0.493 e. The normalized spacial score (nSPS) is 10.0. The summed E-state index contributed by atoms with van der Waals surface area (Å²) in [4.78, 5) is 25.6. The Balaban J connectivity index is 2.78. The molecule has 0 unspecified atom stereocenters. The molecule has 0 saturated heterocycles. The van der Waals surface area contributed by atoms with Gasteiger partial charge < -0.3 is 24.4 Å². The van der Waals surface area contributed by atoms with Gasteiger partial charge in [-0.1, -0.05) is 13.3 Å². The third-order valence-corrected chi connectivity index (χ3v) is 3.53. The Bertz CT molecular complexity index is 549. The Morgan fingerprint density at radius 1 is 1.08 bits per heavy atom. The van der Waals surface area contributed by atoms with E-state index in [1.807, 2.05) is 0 Å². The van der Waals surface area contributed by atoms with E-state index in [1.54, 1.807) is 24.1 Å². The number of nitrogens with zero attached hydrogens (tertiary/aromatic N) is 1. The van der Waals surface area contributed by atoms with Gasteiger partial charge in [-0.2, -0.15) is 0 Å². The zero-order chi connectivity index (χ0) is 18.1. The van der Waals surface area contributed by atoms with Crippen LogP contribution in [0.15, 0.2) is 12.1 Å². The lowest BCUT2D eigenvalue weighted by Crippen LogP contribution is -2.31. The highest BCUT2D eigenvalue weighted by molar-refractivity contribution is 6.03. The number of methoxy groups -OCH3 is 3. The standard InChI is InChI=1S/C17H26N2O5/c1-6-7-8-19(2)16(21)11-15(20)18-12-9-13(22-3)17(24-5)14(10-12)23-4/h9-10H,6-8,11H2,1-5H3,(H,18,20). The van der Waals surface area contributed by atoms with Crippen LogP contribution in [0, 0.1) is 0 Å². The van der Waals surface area contributed by atoms with Gasteiger partial charge in [-0.05, 0) is 6.42 Å². The number of anilines is 1. The minimum absolute atomic E-state index is 0.211. The first-order valence-electron chi connectivity index (χ1n) is 7.80. The van der Waals surface area contributed by atoms with E-state index >= 15 is 0 Å². The number of hydrogen-bond acceptors (Lipinski definition) is 5. The molecule has 0 atom stereocenters. The van der Waals surface area contributed by atoms with Crippen LogP contribution in [0.5, 0.6) is 17.2 Å². The first-order valence-corrected chi connectivity index (χ1v) is 7.80. The van der Waals surface area contributed by atoms with E-state index in [0.29, 0.717) is 29.5 Å². The van der Waals surface area contributed by atoms with Crippen LogP contribution in [0.2, 0.25) is 0 Å². The van der Waals surface area contributed by atoms with Gasteiger partial charge in [0, 0.05) is 31.4 Å². The fourth-order valence-corrected chi connectivity index (χ4v) is 2.15. The predicted octanol–water partition coefficient (Wildman–Crippen LogP) is 2.30. The molecule has 1 rings (SSSR count). The number of carbonyl (C=O) groups excluding carboxylic acids is 2. The maximum absolute atomic E-state index is 12.1. The average Bonchev–Trinajstić information content (AvgIpc) is 2.58. The van der Waals surface area contributed by atoms with Gasteiger partial charge in [-0.3, -0.25) is 9.59 Å². The Morgan fingerprint density at radius 3 is 2.12 bits per heavy atom. The zero-order valence-electron chi connectivity index (χ0n) is 15.0. The van der Waals surface area contributed by atoms with Crippen LogP contribution in [0.25, 0.3) is 0 Å². The molecule has 0 bridgehead atoms. The van der Waals surface area contributed by atoms with Gasteiger partial charge >= 0.3 is 0 Å². The van der Waals surface area contributed by atoms with E-state index < -0.39 is 5.91 Å². The minimum atomic E-state index is -0.391. The summed E-state index contributed by atoms with van der Waals surface area (Å²) in [7, 11) is 6.19. The van der Waals surface area contributed by atoms with Crippen LogP contribution in [0.1, 0.15) is 26.2 Å². The number of rotatable bonds is 9. The number of hydrogen-bond donors (Lipinski definition) is 1. The quantitative estimate of drug-likeness (QED) is 0.699. The van der Waals surface area contributed by atoms with Gasteiger partial charge in [0.1, 0.15) is 6.42 Å². The summed E-state index contributed by atoms with van der Waals surface area (Å²) in [6.07, 6.45) is 1.70. The lowest BCUT2D eigenvalue weighted by atomic mass is 10.2. The maximum atomic E-state index is 12.1. The summed E-state index contributed by atoms with van der Waals surface area (Å²) in [5.41, 5.74) is 0.471. The van der Waals surface area contributed by atoms with Gasteiger partial charge in [0.2, 0.25) is 17.6 Å². The molecular weight excluding hydrogens is 312 g/mol. The summed E-state index contributed by atoms with van der Waals surface area (Å²) < 4.78 is 15.7. The molecule has 0 aliphatic carbocycles. The van der Waals surface area contributed by atoms with E-state index in [-0.39, 0.29) is 12.3 Å². The highest BCUT2D eigenvalue weighted by atomic mass is 16.5. The third kappa shape index (κ3) is 5.33. The van der Waals surface area contributed by atoms with Crippen molar-refractivity contribution in [3.63, 3.8) is 0 Å². The predicted molar refractivity (Wildman–Crippen MR) is 91.9 cm³/mol. The molecule has 1 aromatic carbocycles. The van der Waals surface area contributed by atoms with E-state index in [4.69, 9.17) is 14.2 Å². The lowest BCUT2D eigenvalue weighted by molar-refractivity contribution is -0.133. The van der Waals surface area contributed by atoms with Crippen molar-refractivity contribution in [2.24, 2.45) is 0 Å². The second kappa shape index (κ2) is 9.64. The van der Waals surface area contributed by atoms with Crippen LogP contribution in [-0.4, -0.2) is 51.6 Å². The number of carbonyl (C=O) groups is 2. The molecule has 0 spiro atoms. The zero-order valence-corrected chi connectivity index (χ0v) is 15.0. The molecule has 0 aliphatic rings. The summed E-state index contributed by atoms with van der Waals surface area (Å²) in [6.45, 7) is 2.70. The van der Waals surface area contributed by atoms with Crippen LogP contribution in [0.3, 0.4) is 0 Å². The number of benzene rings is 1. The van der Waals surface area contributed by atoms with Gasteiger partial charge in [0.15, 0.2) is 11.5 Å². The average molecular weight is 338 g/mol. The molecule has 0 radical (unpaired) electrons. The third-order valence-electron chi connectivity index (χ3n) is 3.53. The number of ether oxygens (including phenoxy) is 3. The van der Waals surface area contributed by atoms with Gasteiger partial charge in [-0.25, -0.2) is 0 Å². The molecule has 0 fully saturated rings. The van der Waals surface area contributed by atoms with Gasteiger partial charge in [0.25, 0.3) is 0 Å². The summed E-state index contributed by atoms with van der Waals surface area (Å²) in [5, 5.41) is 2.68. The highest BCUT2D eigenvalue weighted by Gasteiger charge is 2.17. The number of amides is 2. The smallest absolute Gasteiger partial charge is 0.233 e. The van der Waals surface area contributed by atoms with Crippen molar-refractivity contribution in [1.82, 2.24) is 4.90 Å². The Kier molecular flexibility index (Phi) is 7.88. The van der Waals surface area contributed by atoms with Crippen LogP contribution in [-0.2, 0) is 9.59 Å². The SMILES string of the molecule is CCCCN(C)C(=O)CC(=O)Nc1cc(OC)c(OC)c(OC)c1. The summed E-state index contributed by atoms with van der Waals surface area (Å²) >= 11 is 0. The van der Waals surface area contributed by atoms with Crippen LogP contribution in [0.4, 0.5) is 5.69 Å². The summed E-state index contributed by atoms with van der Waals surface area (Å²) in [6, 6.07) is 3.23. The molecule has 134 valence electrons. The topological polar surface area (TPSA) is 77.1 Å². The van der Waals surface area contributed by atoms with E-state index in [1.165, 1.54) is 21.3 Å². The molecule has 7 nitrogen and oxygen atoms in total. The van der Waals surface area contributed by atoms with Crippen LogP contribution >= 0.6 is 0 Å². The van der Waals surface area contributed by atoms with Gasteiger partial charge in [0.05, 0.1) is 21.3 Å². The maximum Gasteiger partial charge on any atom is 0.233 e. The second-order valence-corrected chi connectivity index (χ2v) is 5.31. The first kappa shape index (κ1) is 19.6. The lowest BCUT2D eigenvalue weighted by Gasteiger charge is -2.17. The fraction of sp³-hybridized carbons (Fsp3) is 0.529. The molecule has 1 aromatic rings. The highest BCUT2D eigenvalue weighted by Crippen LogP contribution is 2.39. The molecule has 0 heterocycles. The monoisotopic (exact) mass is 338 g/mol. The molecule has 1 N–H and O–H groups in total. The van der Waals surface area contributed by atoms with Crippen molar-refractivity contribution in [2.75, 3.05) is 40.2 Å². The fourth-order valence-electron chi connectivity index (χ4n) is 2.15. The molecule has 0 aromatic heterocycles. The second-order valence-electron chi connectivity index (χ2n) is 5.31. The van der Waals surface area contributed by atoms with Crippen molar-refractivity contribution in [1.29, 1.82) is 0 Å². The molecule has 7 heteroatoms. The molecule has 24 heavy (non-hydrogen) atoms.